The number of carbonyl (C=O) groups excluding carboxylic acids is 1. The molecule has 0 fully saturated rings. The molecule has 2 aromatic rings. The van der Waals surface area contributed by atoms with E-state index in [9.17, 15) is 14.4 Å². The molecule has 0 N–H and O–H groups in total. The van der Waals surface area contributed by atoms with E-state index in [1.807, 2.05) is 0 Å². The number of aryl methyl sites for hydroxylation is 2. The lowest BCUT2D eigenvalue weighted by atomic mass is 10.3. The number of hydrogen-bond donors (Lipinski definition) is 0. The number of rotatable bonds is 4. The third-order valence-electron chi connectivity index (χ3n) is 2.90. The van der Waals surface area contributed by atoms with Crippen LogP contribution in [0.5, 0.6) is 0 Å². The zero-order valence-corrected chi connectivity index (χ0v) is 10.3. The van der Waals surface area contributed by atoms with Crippen LogP contribution in [0.25, 0.3) is 11.2 Å². The van der Waals surface area contributed by atoms with Gasteiger partial charge >= 0.3 is 5.69 Å². The summed E-state index contributed by atoms with van der Waals surface area (Å²) in [5.74, 6) is 0. The zero-order chi connectivity index (χ0) is 13.3. The summed E-state index contributed by atoms with van der Waals surface area (Å²) in [6.07, 6.45) is 3.08. The average molecular weight is 250 g/mol. The van der Waals surface area contributed by atoms with E-state index in [1.54, 1.807) is 18.7 Å². The lowest BCUT2D eigenvalue weighted by Crippen LogP contribution is -2.39. The maximum absolute atomic E-state index is 12.2. The number of hydrogen-bond acceptors (Lipinski definition) is 4. The molecule has 2 rings (SSSR count). The predicted molar refractivity (Wildman–Crippen MR) is 65.5 cm³/mol. The van der Waals surface area contributed by atoms with E-state index in [-0.39, 0.29) is 12.1 Å². The van der Waals surface area contributed by atoms with Crippen LogP contribution >= 0.6 is 0 Å². The molecule has 0 aliphatic carbocycles. The molecular formula is C11H14N4O3. The number of imidazole rings is 1. The first-order valence-electron chi connectivity index (χ1n) is 5.62. The van der Waals surface area contributed by atoms with Crippen molar-refractivity contribution in [1.29, 1.82) is 0 Å². The third kappa shape index (κ3) is 1.77. The van der Waals surface area contributed by atoms with Crippen molar-refractivity contribution < 1.29 is 4.79 Å². The first-order chi connectivity index (χ1) is 8.57. The molecule has 2 heterocycles. The number of aromatic nitrogens is 4. The van der Waals surface area contributed by atoms with Gasteiger partial charge in [0.25, 0.3) is 5.56 Å². The fourth-order valence-electron chi connectivity index (χ4n) is 1.93. The Labute approximate surface area is 102 Å². The summed E-state index contributed by atoms with van der Waals surface area (Å²) in [6.45, 7) is 0.241. The van der Waals surface area contributed by atoms with Crippen LogP contribution < -0.4 is 11.2 Å². The van der Waals surface area contributed by atoms with Crippen LogP contribution in [0.15, 0.2) is 15.9 Å². The van der Waals surface area contributed by atoms with Crippen molar-refractivity contribution >= 4 is 17.5 Å². The Morgan fingerprint density at radius 2 is 2.06 bits per heavy atom. The molecular weight excluding hydrogens is 236 g/mol. The first-order valence-corrected chi connectivity index (χ1v) is 5.62. The smallest absolute Gasteiger partial charge is 0.328 e. The molecule has 0 spiro atoms. The molecule has 7 nitrogen and oxygen atoms in total. The quantitative estimate of drug-likeness (QED) is 0.537. The van der Waals surface area contributed by atoms with Gasteiger partial charge < -0.3 is 9.36 Å². The molecule has 0 aromatic carbocycles. The van der Waals surface area contributed by atoms with E-state index < -0.39 is 5.69 Å². The van der Waals surface area contributed by atoms with Gasteiger partial charge in [0.1, 0.15) is 6.29 Å². The Kier molecular flexibility index (Phi) is 3.14. The normalized spacial score (nSPS) is 11.0. The topological polar surface area (TPSA) is 78.9 Å². The second kappa shape index (κ2) is 4.59. The van der Waals surface area contributed by atoms with Gasteiger partial charge in [-0.2, -0.15) is 0 Å². The highest BCUT2D eigenvalue weighted by Crippen LogP contribution is 2.03. The van der Waals surface area contributed by atoms with Crippen molar-refractivity contribution in [2.24, 2.45) is 14.1 Å². The van der Waals surface area contributed by atoms with Crippen LogP contribution in [-0.2, 0) is 25.4 Å². The summed E-state index contributed by atoms with van der Waals surface area (Å²) in [7, 11) is 3.28. The number of aldehydes is 1. The second-order valence-electron chi connectivity index (χ2n) is 4.13. The predicted octanol–water partition coefficient (Wildman–Crippen LogP) is -0.587. The van der Waals surface area contributed by atoms with Gasteiger partial charge in [0.15, 0.2) is 11.2 Å². The van der Waals surface area contributed by atoms with Gasteiger partial charge in [0.2, 0.25) is 0 Å². The van der Waals surface area contributed by atoms with Crippen LogP contribution in [0.2, 0.25) is 0 Å². The Bertz CT molecular complexity index is 707. The summed E-state index contributed by atoms with van der Waals surface area (Å²) in [5, 5.41) is 0. The number of fused-ring (bicyclic) bond motifs is 1. The molecule has 18 heavy (non-hydrogen) atoms. The van der Waals surface area contributed by atoms with Crippen LogP contribution in [0.1, 0.15) is 12.8 Å². The summed E-state index contributed by atoms with van der Waals surface area (Å²) in [6, 6.07) is 0. The minimum Gasteiger partial charge on any atom is -0.328 e. The van der Waals surface area contributed by atoms with E-state index >= 15 is 0 Å². The highest BCUT2D eigenvalue weighted by atomic mass is 16.2. The summed E-state index contributed by atoms with van der Waals surface area (Å²) in [4.78, 5) is 38.5. The SMILES string of the molecule is Cn1cnc2c1c(=O)n(CCCC=O)c(=O)n2C. The summed E-state index contributed by atoms with van der Waals surface area (Å²) in [5.41, 5.74) is -0.00145. The first kappa shape index (κ1) is 12.3. The van der Waals surface area contributed by atoms with Crippen molar-refractivity contribution in [3.05, 3.63) is 27.2 Å². The van der Waals surface area contributed by atoms with Crippen LogP contribution in [-0.4, -0.2) is 25.0 Å². The Hall–Kier alpha value is -2.18. The van der Waals surface area contributed by atoms with Gasteiger partial charge in [-0.05, 0) is 6.42 Å². The maximum atomic E-state index is 12.2. The van der Waals surface area contributed by atoms with Gasteiger partial charge in [-0.3, -0.25) is 13.9 Å². The fraction of sp³-hybridized carbons (Fsp3) is 0.455. The lowest BCUT2D eigenvalue weighted by Gasteiger charge is -2.07. The van der Waals surface area contributed by atoms with Crippen molar-refractivity contribution in [2.45, 2.75) is 19.4 Å². The molecule has 0 aliphatic heterocycles. The minimum absolute atomic E-state index is 0.241. The lowest BCUT2D eigenvalue weighted by molar-refractivity contribution is -0.107. The van der Waals surface area contributed by atoms with Gasteiger partial charge in [0.05, 0.1) is 6.33 Å². The number of nitrogens with zero attached hydrogens (tertiary/aromatic N) is 4. The van der Waals surface area contributed by atoms with Gasteiger partial charge in [-0.1, -0.05) is 0 Å². The zero-order valence-electron chi connectivity index (χ0n) is 10.3. The number of carbonyl (C=O) groups is 1. The minimum atomic E-state index is -0.405. The van der Waals surface area contributed by atoms with Crippen LogP contribution in [0, 0.1) is 0 Å². The van der Waals surface area contributed by atoms with Gasteiger partial charge in [-0.15, -0.1) is 0 Å². The van der Waals surface area contributed by atoms with E-state index in [1.165, 1.54) is 10.9 Å². The molecule has 0 unspecified atom stereocenters. The monoisotopic (exact) mass is 250 g/mol. The standard InChI is InChI=1S/C11H14N4O3/c1-13-7-12-9-8(13)10(17)15(5-3-4-6-16)11(18)14(9)2/h6-7H,3-5H2,1-2H3. The van der Waals surface area contributed by atoms with E-state index in [4.69, 9.17) is 0 Å². The van der Waals surface area contributed by atoms with Crippen molar-refractivity contribution in [3.63, 3.8) is 0 Å². The molecule has 96 valence electrons. The molecule has 0 saturated carbocycles. The Morgan fingerprint density at radius 3 is 2.72 bits per heavy atom. The van der Waals surface area contributed by atoms with Gasteiger partial charge in [-0.25, -0.2) is 9.78 Å². The van der Waals surface area contributed by atoms with E-state index in [2.05, 4.69) is 4.98 Å². The molecule has 0 saturated heterocycles. The largest absolute Gasteiger partial charge is 0.332 e. The molecule has 0 aliphatic rings. The molecule has 0 amide bonds. The highest BCUT2D eigenvalue weighted by Gasteiger charge is 2.14. The van der Waals surface area contributed by atoms with Crippen LogP contribution in [0.3, 0.4) is 0 Å². The van der Waals surface area contributed by atoms with Crippen LogP contribution in [0.4, 0.5) is 0 Å². The molecule has 0 bridgehead atoms. The summed E-state index contributed by atoms with van der Waals surface area (Å²) < 4.78 is 4.08. The second-order valence-corrected chi connectivity index (χ2v) is 4.13. The molecule has 0 atom stereocenters. The molecule has 0 radical (unpaired) electrons. The molecule has 2 aromatic heterocycles. The fourth-order valence-corrected chi connectivity index (χ4v) is 1.93. The van der Waals surface area contributed by atoms with E-state index in [0.717, 1.165) is 10.9 Å². The van der Waals surface area contributed by atoms with Crippen molar-refractivity contribution in [3.8, 4) is 0 Å². The average Bonchev–Trinajstić information content (AvgIpc) is 2.73. The maximum Gasteiger partial charge on any atom is 0.332 e. The summed E-state index contributed by atoms with van der Waals surface area (Å²) >= 11 is 0. The number of unbranched alkanes of at least 4 members (excludes halogenated alkanes) is 1. The molecule has 7 heteroatoms. The highest BCUT2D eigenvalue weighted by molar-refractivity contribution is 5.69. The van der Waals surface area contributed by atoms with Gasteiger partial charge in [0, 0.05) is 27.1 Å². The van der Waals surface area contributed by atoms with E-state index in [0.29, 0.717) is 24.0 Å². The Morgan fingerprint density at radius 1 is 1.33 bits per heavy atom. The Balaban J connectivity index is 2.66. The third-order valence-corrected chi connectivity index (χ3v) is 2.90. The van der Waals surface area contributed by atoms with Crippen molar-refractivity contribution in [1.82, 2.24) is 18.7 Å². The van der Waals surface area contributed by atoms with Crippen molar-refractivity contribution in [2.75, 3.05) is 0 Å².